The predicted molar refractivity (Wildman–Crippen MR) is 73.9 cm³/mol. The van der Waals surface area contributed by atoms with E-state index in [1.54, 1.807) is 0 Å². The molecule has 2 nitrogen and oxygen atoms in total. The van der Waals surface area contributed by atoms with Crippen molar-refractivity contribution in [2.24, 2.45) is 5.73 Å². The van der Waals surface area contributed by atoms with Crippen molar-refractivity contribution >= 4 is 0 Å². The van der Waals surface area contributed by atoms with Crippen LogP contribution < -0.4 is 10.5 Å². The average Bonchev–Trinajstić information content (AvgIpc) is 2.41. The molecule has 98 valence electrons. The Balaban J connectivity index is 1.82. The lowest BCUT2D eigenvalue weighted by atomic mass is 9.55. The van der Waals surface area contributed by atoms with Crippen molar-refractivity contribution in [2.45, 2.75) is 56.4 Å². The molecule has 0 saturated heterocycles. The van der Waals surface area contributed by atoms with Gasteiger partial charge in [-0.15, -0.1) is 0 Å². The van der Waals surface area contributed by atoms with Crippen LogP contribution in [0.1, 0.15) is 51.0 Å². The van der Waals surface area contributed by atoms with E-state index in [4.69, 9.17) is 10.5 Å². The fourth-order valence-electron chi connectivity index (χ4n) is 3.72. The van der Waals surface area contributed by atoms with Gasteiger partial charge in [0.1, 0.15) is 5.75 Å². The Hall–Kier alpha value is -1.02. The van der Waals surface area contributed by atoms with Crippen LogP contribution in [-0.4, -0.2) is 12.1 Å². The molecule has 0 heterocycles. The highest BCUT2D eigenvalue weighted by Gasteiger charge is 2.47. The third kappa shape index (κ3) is 1.93. The van der Waals surface area contributed by atoms with Gasteiger partial charge in [0.25, 0.3) is 0 Å². The van der Waals surface area contributed by atoms with E-state index in [0.717, 1.165) is 12.4 Å². The Morgan fingerprint density at radius 1 is 1.00 bits per heavy atom. The first-order valence-corrected chi connectivity index (χ1v) is 7.18. The lowest BCUT2D eigenvalue weighted by Crippen LogP contribution is -2.53. The number of benzene rings is 1. The van der Waals surface area contributed by atoms with Crippen molar-refractivity contribution in [1.82, 2.24) is 0 Å². The third-order valence-corrected chi connectivity index (χ3v) is 5.08. The van der Waals surface area contributed by atoms with Gasteiger partial charge in [0.05, 0.1) is 6.61 Å². The monoisotopic (exact) mass is 245 g/mol. The van der Waals surface area contributed by atoms with E-state index < -0.39 is 0 Å². The van der Waals surface area contributed by atoms with E-state index in [0.29, 0.717) is 5.41 Å². The molecular formula is C16H23NO. The largest absolute Gasteiger partial charge is 0.494 e. The first-order valence-electron chi connectivity index (χ1n) is 7.18. The average molecular weight is 245 g/mol. The molecule has 0 amide bonds. The third-order valence-electron chi connectivity index (χ3n) is 5.08. The highest BCUT2D eigenvalue weighted by Crippen LogP contribution is 2.52. The van der Waals surface area contributed by atoms with Gasteiger partial charge >= 0.3 is 0 Å². The maximum Gasteiger partial charge on any atom is 0.119 e. The normalized spacial score (nSPS) is 34.6. The van der Waals surface area contributed by atoms with E-state index in [9.17, 15) is 0 Å². The molecule has 3 saturated carbocycles. The molecule has 0 atom stereocenters. The van der Waals surface area contributed by atoms with Gasteiger partial charge in [-0.25, -0.2) is 0 Å². The second kappa shape index (κ2) is 4.27. The molecular weight excluding hydrogens is 222 g/mol. The van der Waals surface area contributed by atoms with Crippen LogP contribution in [0, 0.1) is 0 Å². The van der Waals surface area contributed by atoms with E-state index in [1.807, 2.05) is 6.92 Å². The summed E-state index contributed by atoms with van der Waals surface area (Å²) in [6.45, 7) is 2.76. The topological polar surface area (TPSA) is 35.2 Å². The fourth-order valence-corrected chi connectivity index (χ4v) is 3.72. The molecule has 3 fully saturated rings. The van der Waals surface area contributed by atoms with Crippen LogP contribution >= 0.6 is 0 Å². The lowest BCUT2D eigenvalue weighted by molar-refractivity contribution is 0.107. The molecule has 1 aromatic rings. The summed E-state index contributed by atoms with van der Waals surface area (Å²) in [6, 6.07) is 8.76. The molecule has 3 aliphatic rings. The summed E-state index contributed by atoms with van der Waals surface area (Å²) in [5.74, 6) is 0.984. The van der Waals surface area contributed by atoms with Gasteiger partial charge in [-0.2, -0.15) is 0 Å². The van der Waals surface area contributed by atoms with Gasteiger partial charge in [-0.05, 0) is 68.6 Å². The van der Waals surface area contributed by atoms with Crippen molar-refractivity contribution in [3.05, 3.63) is 29.8 Å². The van der Waals surface area contributed by atoms with Crippen molar-refractivity contribution < 1.29 is 4.74 Å². The second-order valence-electron chi connectivity index (χ2n) is 6.10. The maximum absolute atomic E-state index is 6.38. The molecule has 2 N–H and O–H groups in total. The Kier molecular flexibility index (Phi) is 2.86. The minimum atomic E-state index is 0.160. The molecule has 1 aromatic carbocycles. The van der Waals surface area contributed by atoms with E-state index in [2.05, 4.69) is 24.3 Å². The summed E-state index contributed by atoms with van der Waals surface area (Å²) < 4.78 is 5.52. The predicted octanol–water partition coefficient (Wildman–Crippen LogP) is 3.39. The van der Waals surface area contributed by atoms with Crippen LogP contribution in [0.2, 0.25) is 0 Å². The molecule has 0 aliphatic heterocycles. The first-order chi connectivity index (χ1) is 8.66. The standard InChI is InChI=1S/C16H23NO/c1-2-18-14-5-3-13(4-6-14)15-7-10-16(17,11-8-15)12-9-15/h3-6H,2,7-12,17H2,1H3. The maximum atomic E-state index is 6.38. The molecule has 2 heteroatoms. The van der Waals surface area contributed by atoms with Gasteiger partial charge in [0.15, 0.2) is 0 Å². The van der Waals surface area contributed by atoms with Crippen molar-refractivity contribution in [3.63, 3.8) is 0 Å². The zero-order chi connectivity index (χ0) is 12.6. The minimum absolute atomic E-state index is 0.160. The Morgan fingerprint density at radius 2 is 1.56 bits per heavy atom. The molecule has 0 radical (unpaired) electrons. The van der Waals surface area contributed by atoms with Gasteiger partial charge < -0.3 is 10.5 Å². The summed E-state index contributed by atoms with van der Waals surface area (Å²) in [4.78, 5) is 0. The number of ether oxygens (including phenoxy) is 1. The number of fused-ring (bicyclic) bond motifs is 3. The van der Waals surface area contributed by atoms with Crippen LogP contribution in [0.15, 0.2) is 24.3 Å². The highest BCUT2D eigenvalue weighted by atomic mass is 16.5. The molecule has 4 rings (SSSR count). The minimum Gasteiger partial charge on any atom is -0.494 e. The van der Waals surface area contributed by atoms with Gasteiger partial charge in [0.2, 0.25) is 0 Å². The van der Waals surface area contributed by atoms with Gasteiger partial charge in [0, 0.05) is 5.54 Å². The SMILES string of the molecule is CCOc1ccc(C23CCC(N)(CC2)CC3)cc1. The number of hydrogen-bond acceptors (Lipinski definition) is 2. The van der Waals surface area contributed by atoms with Crippen LogP contribution in [0.5, 0.6) is 5.75 Å². The van der Waals surface area contributed by atoms with Gasteiger partial charge in [-0.1, -0.05) is 12.1 Å². The van der Waals surface area contributed by atoms with Crippen LogP contribution in [0.25, 0.3) is 0 Å². The number of nitrogens with two attached hydrogens (primary N) is 1. The molecule has 3 aliphatic carbocycles. The highest BCUT2D eigenvalue weighted by molar-refractivity contribution is 5.34. The van der Waals surface area contributed by atoms with E-state index in [-0.39, 0.29) is 5.54 Å². The summed E-state index contributed by atoms with van der Waals surface area (Å²) >= 11 is 0. The Bertz CT molecular complexity index is 399. The van der Waals surface area contributed by atoms with Crippen LogP contribution in [0.3, 0.4) is 0 Å². The summed E-state index contributed by atoms with van der Waals surface area (Å²) in [5, 5.41) is 0. The van der Waals surface area contributed by atoms with E-state index >= 15 is 0 Å². The fraction of sp³-hybridized carbons (Fsp3) is 0.625. The number of rotatable bonds is 3. The Labute approximate surface area is 110 Å². The van der Waals surface area contributed by atoms with E-state index in [1.165, 1.54) is 44.1 Å². The molecule has 0 spiro atoms. The van der Waals surface area contributed by atoms with Crippen molar-refractivity contribution in [1.29, 1.82) is 0 Å². The molecule has 2 bridgehead atoms. The van der Waals surface area contributed by atoms with Crippen LogP contribution in [-0.2, 0) is 5.41 Å². The summed E-state index contributed by atoms with van der Waals surface area (Å²) in [6.07, 6.45) is 7.37. The smallest absolute Gasteiger partial charge is 0.119 e. The van der Waals surface area contributed by atoms with Crippen LogP contribution in [0.4, 0.5) is 0 Å². The van der Waals surface area contributed by atoms with Gasteiger partial charge in [-0.3, -0.25) is 0 Å². The van der Waals surface area contributed by atoms with Crippen molar-refractivity contribution in [3.8, 4) is 5.75 Å². The zero-order valence-electron chi connectivity index (χ0n) is 11.2. The number of hydrogen-bond donors (Lipinski definition) is 1. The molecule has 18 heavy (non-hydrogen) atoms. The Morgan fingerprint density at radius 3 is 2.06 bits per heavy atom. The zero-order valence-corrected chi connectivity index (χ0v) is 11.2. The lowest BCUT2D eigenvalue weighted by Gasteiger charge is -2.52. The second-order valence-corrected chi connectivity index (χ2v) is 6.10. The molecule has 0 unspecified atom stereocenters. The quantitative estimate of drug-likeness (QED) is 0.886. The summed E-state index contributed by atoms with van der Waals surface area (Å²) in [7, 11) is 0. The first kappa shape index (κ1) is 12.0. The van der Waals surface area contributed by atoms with Crippen molar-refractivity contribution in [2.75, 3.05) is 6.61 Å². The molecule has 0 aromatic heterocycles. The summed E-state index contributed by atoms with van der Waals surface area (Å²) in [5.41, 5.74) is 8.44.